The molecule has 2 nitrogen and oxygen atoms in total. The molecule has 1 aliphatic rings. The molecule has 0 aromatic heterocycles. The van der Waals surface area contributed by atoms with Crippen LogP contribution in [0, 0.1) is 11.8 Å². The summed E-state index contributed by atoms with van der Waals surface area (Å²) < 4.78 is 26.8. The number of allylic oxidation sites excluding steroid dienone is 2. The molecule has 0 fully saturated rings. The van der Waals surface area contributed by atoms with Crippen LogP contribution < -0.4 is 0 Å². The van der Waals surface area contributed by atoms with Crippen LogP contribution in [0.15, 0.2) is 12.2 Å². The van der Waals surface area contributed by atoms with Crippen LogP contribution >= 0.6 is 0 Å². The maximum atomic E-state index is 13.4. The van der Waals surface area contributed by atoms with Gasteiger partial charge in [0.05, 0.1) is 0 Å². The van der Waals surface area contributed by atoms with Crippen molar-refractivity contribution in [2.24, 2.45) is 11.8 Å². The standard InChI is InChI=1S/C14H20F2O2/c1-3-4-9-14(15,16)13(18)8-6-11-5-7-12(17)10(11)2/h5,7,10-11H,3-4,6,8-9H2,1-2H3/t10?,11-/m1/s1. The van der Waals surface area contributed by atoms with Crippen LogP contribution in [-0.2, 0) is 9.59 Å². The maximum Gasteiger partial charge on any atom is 0.305 e. The Kier molecular flexibility index (Phi) is 5.17. The Bertz CT molecular complexity index is 348. The van der Waals surface area contributed by atoms with Crippen LogP contribution in [0.2, 0.25) is 0 Å². The van der Waals surface area contributed by atoms with E-state index in [0.717, 1.165) is 0 Å². The largest absolute Gasteiger partial charge is 0.305 e. The summed E-state index contributed by atoms with van der Waals surface area (Å²) in [6.07, 6.45) is 4.04. The first-order valence-corrected chi connectivity index (χ1v) is 6.51. The lowest BCUT2D eigenvalue weighted by Gasteiger charge is -2.17. The van der Waals surface area contributed by atoms with Gasteiger partial charge >= 0.3 is 5.92 Å². The molecule has 2 atom stereocenters. The minimum Gasteiger partial charge on any atom is -0.295 e. The lowest BCUT2D eigenvalue weighted by Crippen LogP contribution is -2.29. The molecule has 4 heteroatoms. The van der Waals surface area contributed by atoms with Crippen molar-refractivity contribution >= 4 is 11.6 Å². The normalized spacial score (nSPS) is 23.7. The predicted octanol–water partition coefficient (Wildman–Crippen LogP) is 3.55. The first-order chi connectivity index (χ1) is 8.38. The number of carbonyl (C=O) groups excluding carboxylic acids is 2. The number of hydrogen-bond acceptors (Lipinski definition) is 2. The van der Waals surface area contributed by atoms with Crippen molar-refractivity contribution in [1.29, 1.82) is 0 Å². The van der Waals surface area contributed by atoms with Gasteiger partial charge in [-0.05, 0) is 24.8 Å². The van der Waals surface area contributed by atoms with E-state index in [1.807, 2.05) is 6.92 Å². The van der Waals surface area contributed by atoms with E-state index in [0.29, 0.717) is 19.3 Å². The van der Waals surface area contributed by atoms with E-state index >= 15 is 0 Å². The minimum atomic E-state index is -3.20. The van der Waals surface area contributed by atoms with Gasteiger partial charge in [-0.3, -0.25) is 9.59 Å². The van der Waals surface area contributed by atoms with E-state index in [1.54, 1.807) is 13.0 Å². The van der Waals surface area contributed by atoms with Crippen molar-refractivity contribution in [1.82, 2.24) is 0 Å². The van der Waals surface area contributed by atoms with E-state index in [1.165, 1.54) is 6.08 Å². The summed E-state index contributed by atoms with van der Waals surface area (Å²) in [5.74, 6) is -4.42. The van der Waals surface area contributed by atoms with Crippen molar-refractivity contribution in [3.8, 4) is 0 Å². The highest BCUT2D eigenvalue weighted by Crippen LogP contribution is 2.29. The monoisotopic (exact) mass is 258 g/mol. The highest BCUT2D eigenvalue weighted by Gasteiger charge is 2.37. The van der Waals surface area contributed by atoms with E-state index in [2.05, 4.69) is 0 Å². The van der Waals surface area contributed by atoms with Crippen molar-refractivity contribution in [2.45, 2.75) is 51.9 Å². The average Bonchev–Trinajstić information content (AvgIpc) is 2.64. The molecule has 0 aromatic carbocycles. The molecule has 0 saturated heterocycles. The Morgan fingerprint density at radius 1 is 1.44 bits per heavy atom. The topological polar surface area (TPSA) is 34.1 Å². The molecule has 0 radical (unpaired) electrons. The summed E-state index contributed by atoms with van der Waals surface area (Å²) in [5.41, 5.74) is 0. The van der Waals surface area contributed by atoms with E-state index < -0.39 is 11.7 Å². The molecule has 0 bridgehead atoms. The number of ketones is 2. The maximum absolute atomic E-state index is 13.4. The second kappa shape index (κ2) is 6.21. The van der Waals surface area contributed by atoms with Gasteiger partial charge in [-0.1, -0.05) is 26.3 Å². The van der Waals surface area contributed by atoms with Gasteiger partial charge in [0.25, 0.3) is 0 Å². The zero-order chi connectivity index (χ0) is 13.8. The molecule has 0 aliphatic heterocycles. The molecule has 0 amide bonds. The summed E-state index contributed by atoms with van der Waals surface area (Å²) in [7, 11) is 0. The zero-order valence-electron chi connectivity index (χ0n) is 10.9. The first kappa shape index (κ1) is 15.0. The SMILES string of the molecule is CCCCC(F)(F)C(=O)CC[C@H]1C=CC(=O)C1C. The number of halogens is 2. The summed E-state index contributed by atoms with van der Waals surface area (Å²) in [5, 5.41) is 0. The van der Waals surface area contributed by atoms with Crippen molar-refractivity contribution in [3.63, 3.8) is 0 Å². The quantitative estimate of drug-likeness (QED) is 0.699. The summed E-state index contributed by atoms with van der Waals surface area (Å²) in [6.45, 7) is 3.59. The molecule has 1 unspecified atom stereocenters. The summed E-state index contributed by atoms with van der Waals surface area (Å²) in [4.78, 5) is 22.7. The third kappa shape index (κ3) is 3.72. The Morgan fingerprint density at radius 2 is 2.11 bits per heavy atom. The second-order valence-electron chi connectivity index (χ2n) is 4.98. The molecule has 0 heterocycles. The van der Waals surface area contributed by atoms with Crippen LogP contribution in [0.25, 0.3) is 0 Å². The minimum absolute atomic E-state index is 0.0187. The van der Waals surface area contributed by atoms with Gasteiger partial charge in [0.15, 0.2) is 5.78 Å². The van der Waals surface area contributed by atoms with Gasteiger partial charge < -0.3 is 0 Å². The fraction of sp³-hybridized carbons (Fsp3) is 0.714. The van der Waals surface area contributed by atoms with Gasteiger partial charge in [-0.15, -0.1) is 0 Å². The third-order valence-electron chi connectivity index (χ3n) is 3.56. The van der Waals surface area contributed by atoms with Crippen LogP contribution in [-0.4, -0.2) is 17.5 Å². The van der Waals surface area contributed by atoms with Gasteiger partial charge in [-0.25, -0.2) is 0 Å². The molecule has 1 aliphatic carbocycles. The molecule has 0 aromatic rings. The van der Waals surface area contributed by atoms with Gasteiger partial charge in [0, 0.05) is 18.8 Å². The van der Waals surface area contributed by atoms with Crippen LogP contribution in [0.5, 0.6) is 0 Å². The number of unbranched alkanes of at least 4 members (excludes halogenated alkanes) is 1. The number of Topliss-reactive ketones (excluding diaryl/α,β-unsaturated/α-hetero) is 1. The Morgan fingerprint density at radius 3 is 2.61 bits per heavy atom. The molecule has 0 spiro atoms. The molecule has 0 N–H and O–H groups in total. The number of carbonyl (C=O) groups is 2. The Hall–Kier alpha value is -1.06. The zero-order valence-corrected chi connectivity index (χ0v) is 10.9. The summed E-state index contributed by atoms with van der Waals surface area (Å²) >= 11 is 0. The van der Waals surface area contributed by atoms with Gasteiger partial charge in [0.1, 0.15) is 0 Å². The van der Waals surface area contributed by atoms with E-state index in [4.69, 9.17) is 0 Å². The smallest absolute Gasteiger partial charge is 0.295 e. The first-order valence-electron chi connectivity index (χ1n) is 6.51. The number of alkyl halides is 2. The molecule has 102 valence electrons. The third-order valence-corrected chi connectivity index (χ3v) is 3.56. The predicted molar refractivity (Wildman–Crippen MR) is 65.5 cm³/mol. The lowest BCUT2D eigenvalue weighted by atomic mass is 9.90. The van der Waals surface area contributed by atoms with Crippen LogP contribution in [0.3, 0.4) is 0 Å². The van der Waals surface area contributed by atoms with Crippen LogP contribution in [0.1, 0.15) is 46.0 Å². The number of rotatable bonds is 7. The average molecular weight is 258 g/mol. The second-order valence-corrected chi connectivity index (χ2v) is 4.98. The molecule has 0 saturated carbocycles. The highest BCUT2D eigenvalue weighted by atomic mass is 19.3. The van der Waals surface area contributed by atoms with Crippen molar-refractivity contribution < 1.29 is 18.4 Å². The fourth-order valence-corrected chi connectivity index (χ4v) is 2.11. The Labute approximate surface area is 106 Å². The van der Waals surface area contributed by atoms with E-state index in [9.17, 15) is 18.4 Å². The highest BCUT2D eigenvalue weighted by molar-refractivity contribution is 5.94. The van der Waals surface area contributed by atoms with Crippen molar-refractivity contribution in [3.05, 3.63) is 12.2 Å². The molecular weight excluding hydrogens is 238 g/mol. The van der Waals surface area contributed by atoms with Gasteiger partial charge in [-0.2, -0.15) is 8.78 Å². The molecular formula is C14H20F2O2. The van der Waals surface area contributed by atoms with Gasteiger partial charge in [0.2, 0.25) is 5.78 Å². The van der Waals surface area contributed by atoms with Crippen molar-refractivity contribution in [2.75, 3.05) is 0 Å². The lowest BCUT2D eigenvalue weighted by molar-refractivity contribution is -0.144. The van der Waals surface area contributed by atoms with Crippen LogP contribution in [0.4, 0.5) is 8.78 Å². The number of hydrogen-bond donors (Lipinski definition) is 0. The fourth-order valence-electron chi connectivity index (χ4n) is 2.11. The molecule has 1 rings (SSSR count). The molecule has 18 heavy (non-hydrogen) atoms. The summed E-state index contributed by atoms with van der Waals surface area (Å²) in [6, 6.07) is 0. The Balaban J connectivity index is 2.41. The van der Waals surface area contributed by atoms with E-state index in [-0.39, 0.29) is 30.5 Å².